The molecule has 1 N–H and O–H groups in total. The van der Waals surface area contributed by atoms with Crippen molar-refractivity contribution >= 4 is 29.1 Å². The zero-order valence-electron chi connectivity index (χ0n) is 16.7. The summed E-state index contributed by atoms with van der Waals surface area (Å²) in [5.74, 6) is 2.54. The highest BCUT2D eigenvalue weighted by atomic mass is 16.1. The number of nitrogens with one attached hydrogen (secondary N) is 1. The van der Waals surface area contributed by atoms with E-state index in [0.29, 0.717) is 5.56 Å². The Labute approximate surface area is 170 Å². The van der Waals surface area contributed by atoms with Crippen LogP contribution in [0.15, 0.2) is 54.7 Å². The summed E-state index contributed by atoms with van der Waals surface area (Å²) in [5.41, 5.74) is 2.49. The maximum atomic E-state index is 11.4. The van der Waals surface area contributed by atoms with Crippen molar-refractivity contribution in [2.75, 3.05) is 41.3 Å². The van der Waals surface area contributed by atoms with E-state index in [1.54, 1.807) is 6.92 Å². The number of carbonyl (C=O) groups excluding carboxylic acids is 1. The van der Waals surface area contributed by atoms with Crippen LogP contribution < -0.4 is 15.1 Å². The van der Waals surface area contributed by atoms with Crippen LogP contribution >= 0.6 is 0 Å². The predicted molar refractivity (Wildman–Crippen MR) is 115 cm³/mol. The van der Waals surface area contributed by atoms with Gasteiger partial charge in [0.1, 0.15) is 11.6 Å². The van der Waals surface area contributed by atoms with Crippen LogP contribution in [0.25, 0.3) is 0 Å². The molecule has 3 aromatic rings. The smallest absolute Gasteiger partial charge is 0.227 e. The number of piperazine rings is 1. The van der Waals surface area contributed by atoms with Crippen molar-refractivity contribution in [1.29, 1.82) is 0 Å². The molecule has 1 aromatic carbocycles. The molecule has 0 spiro atoms. The molecule has 1 saturated heterocycles. The normalized spacial score (nSPS) is 14.0. The maximum Gasteiger partial charge on any atom is 0.227 e. The highest BCUT2D eigenvalue weighted by Crippen LogP contribution is 2.21. The minimum absolute atomic E-state index is 0.0570. The van der Waals surface area contributed by atoms with Crippen LogP contribution in [0.3, 0.4) is 0 Å². The first-order valence-corrected chi connectivity index (χ1v) is 9.73. The number of Topliss-reactive ketones (excluding diaryl/α,β-unsaturated/α-hetero) is 1. The number of ketones is 1. The lowest BCUT2D eigenvalue weighted by Crippen LogP contribution is -2.47. The van der Waals surface area contributed by atoms with Gasteiger partial charge in [0, 0.05) is 55.4 Å². The molecule has 0 amide bonds. The van der Waals surface area contributed by atoms with Crippen molar-refractivity contribution in [3.8, 4) is 0 Å². The van der Waals surface area contributed by atoms with E-state index in [1.807, 2.05) is 61.7 Å². The average Bonchev–Trinajstić information content (AvgIpc) is 2.74. The van der Waals surface area contributed by atoms with Gasteiger partial charge in [-0.1, -0.05) is 6.07 Å². The number of rotatable bonds is 5. The van der Waals surface area contributed by atoms with E-state index >= 15 is 0 Å². The maximum absolute atomic E-state index is 11.4. The molecule has 0 saturated carbocycles. The summed E-state index contributed by atoms with van der Waals surface area (Å²) in [6.07, 6.45) is 1.83. The zero-order chi connectivity index (χ0) is 20.2. The highest BCUT2D eigenvalue weighted by Gasteiger charge is 2.20. The summed E-state index contributed by atoms with van der Waals surface area (Å²) in [7, 11) is 0. The van der Waals surface area contributed by atoms with Crippen LogP contribution in [-0.4, -0.2) is 46.9 Å². The number of carbonyl (C=O) groups is 1. The minimum Gasteiger partial charge on any atom is -0.353 e. The predicted octanol–water partition coefficient (Wildman–Crippen LogP) is 3.45. The molecular weight excluding hydrogens is 364 g/mol. The fourth-order valence-electron chi connectivity index (χ4n) is 3.37. The van der Waals surface area contributed by atoms with Crippen molar-refractivity contribution in [3.05, 3.63) is 66.0 Å². The summed E-state index contributed by atoms with van der Waals surface area (Å²) in [6.45, 7) is 6.97. The van der Waals surface area contributed by atoms with Gasteiger partial charge in [0.2, 0.25) is 5.95 Å². The number of aromatic nitrogens is 3. The second-order valence-electron chi connectivity index (χ2n) is 7.12. The van der Waals surface area contributed by atoms with Crippen LogP contribution in [0.2, 0.25) is 0 Å². The summed E-state index contributed by atoms with van der Waals surface area (Å²) >= 11 is 0. The molecule has 0 atom stereocenters. The number of benzene rings is 1. The highest BCUT2D eigenvalue weighted by molar-refractivity contribution is 5.94. The second-order valence-corrected chi connectivity index (χ2v) is 7.12. The SMILES string of the molecule is CC(=O)c1ccc(Nc2cc(C)nc(N3CCN(c4ccccn4)CC3)n2)cc1. The molecule has 0 bridgehead atoms. The standard InChI is InChI=1S/C22H24N6O/c1-16-15-20(25-19-8-6-18(7-9-19)17(2)29)26-22(24-16)28-13-11-27(12-14-28)21-5-3-4-10-23-21/h3-10,15H,11-14H2,1-2H3,(H,24,25,26). The van der Waals surface area contributed by atoms with E-state index in [-0.39, 0.29) is 5.78 Å². The van der Waals surface area contributed by atoms with Gasteiger partial charge in [-0.15, -0.1) is 0 Å². The second kappa shape index (κ2) is 8.26. The van der Waals surface area contributed by atoms with E-state index in [0.717, 1.165) is 55.1 Å². The van der Waals surface area contributed by atoms with E-state index in [9.17, 15) is 4.79 Å². The van der Waals surface area contributed by atoms with Gasteiger partial charge < -0.3 is 15.1 Å². The molecule has 29 heavy (non-hydrogen) atoms. The third kappa shape index (κ3) is 4.51. The molecule has 0 unspecified atom stereocenters. The minimum atomic E-state index is 0.0570. The van der Waals surface area contributed by atoms with Crippen molar-refractivity contribution < 1.29 is 4.79 Å². The van der Waals surface area contributed by atoms with Gasteiger partial charge in [-0.3, -0.25) is 4.79 Å². The molecular formula is C22H24N6O. The van der Waals surface area contributed by atoms with Gasteiger partial charge in [-0.25, -0.2) is 9.97 Å². The zero-order valence-corrected chi connectivity index (χ0v) is 16.7. The molecule has 1 aliphatic heterocycles. The largest absolute Gasteiger partial charge is 0.353 e. The van der Waals surface area contributed by atoms with Crippen LogP contribution in [0.5, 0.6) is 0 Å². The third-order valence-corrected chi connectivity index (χ3v) is 4.94. The van der Waals surface area contributed by atoms with E-state index in [1.165, 1.54) is 0 Å². The average molecular weight is 388 g/mol. The van der Waals surface area contributed by atoms with Crippen molar-refractivity contribution in [2.24, 2.45) is 0 Å². The summed E-state index contributed by atoms with van der Waals surface area (Å²) < 4.78 is 0. The number of pyridine rings is 1. The lowest BCUT2D eigenvalue weighted by molar-refractivity contribution is 0.101. The molecule has 1 fully saturated rings. The van der Waals surface area contributed by atoms with E-state index in [4.69, 9.17) is 4.98 Å². The van der Waals surface area contributed by atoms with Gasteiger partial charge in [-0.2, -0.15) is 4.98 Å². The first-order chi connectivity index (χ1) is 14.1. The number of aryl methyl sites for hydroxylation is 1. The number of anilines is 4. The first-order valence-electron chi connectivity index (χ1n) is 9.73. The summed E-state index contributed by atoms with van der Waals surface area (Å²) in [5, 5.41) is 3.32. The lowest BCUT2D eigenvalue weighted by Gasteiger charge is -2.35. The van der Waals surface area contributed by atoms with E-state index in [2.05, 4.69) is 25.1 Å². The van der Waals surface area contributed by atoms with Crippen LogP contribution in [-0.2, 0) is 0 Å². The first kappa shape index (κ1) is 18.9. The molecule has 7 nitrogen and oxygen atoms in total. The topological polar surface area (TPSA) is 74.2 Å². The quantitative estimate of drug-likeness (QED) is 0.671. The van der Waals surface area contributed by atoms with Crippen molar-refractivity contribution in [2.45, 2.75) is 13.8 Å². The van der Waals surface area contributed by atoms with Crippen LogP contribution in [0, 0.1) is 6.92 Å². The molecule has 0 radical (unpaired) electrons. The van der Waals surface area contributed by atoms with Crippen molar-refractivity contribution in [1.82, 2.24) is 15.0 Å². The van der Waals surface area contributed by atoms with Crippen molar-refractivity contribution in [3.63, 3.8) is 0 Å². The fourth-order valence-corrected chi connectivity index (χ4v) is 3.37. The van der Waals surface area contributed by atoms with Crippen LogP contribution in [0.4, 0.5) is 23.3 Å². The summed E-state index contributed by atoms with van der Waals surface area (Å²) in [4.78, 5) is 29.7. The Balaban J connectivity index is 1.45. The third-order valence-electron chi connectivity index (χ3n) is 4.94. The van der Waals surface area contributed by atoms with Gasteiger partial charge in [0.15, 0.2) is 5.78 Å². The monoisotopic (exact) mass is 388 g/mol. The lowest BCUT2D eigenvalue weighted by atomic mass is 10.1. The number of nitrogens with zero attached hydrogens (tertiary/aromatic N) is 5. The van der Waals surface area contributed by atoms with Gasteiger partial charge in [0.05, 0.1) is 0 Å². The van der Waals surface area contributed by atoms with Gasteiger partial charge in [0.25, 0.3) is 0 Å². The molecule has 0 aliphatic carbocycles. The Kier molecular flexibility index (Phi) is 5.37. The Morgan fingerprint density at radius 3 is 2.34 bits per heavy atom. The number of hydrogen-bond donors (Lipinski definition) is 1. The molecule has 7 heteroatoms. The Morgan fingerprint density at radius 2 is 1.69 bits per heavy atom. The Morgan fingerprint density at radius 1 is 0.966 bits per heavy atom. The van der Waals surface area contributed by atoms with E-state index < -0.39 is 0 Å². The molecule has 1 aliphatic rings. The fraction of sp³-hybridized carbons (Fsp3) is 0.273. The molecule has 4 rings (SSSR count). The Hall–Kier alpha value is -3.48. The van der Waals surface area contributed by atoms with Gasteiger partial charge >= 0.3 is 0 Å². The summed E-state index contributed by atoms with van der Waals surface area (Å²) in [6, 6.07) is 15.3. The van der Waals surface area contributed by atoms with Crippen LogP contribution in [0.1, 0.15) is 23.0 Å². The number of hydrogen-bond acceptors (Lipinski definition) is 7. The Bertz CT molecular complexity index is 982. The van der Waals surface area contributed by atoms with Gasteiger partial charge in [-0.05, 0) is 50.2 Å². The molecule has 2 aromatic heterocycles. The molecule has 3 heterocycles. The molecule has 148 valence electrons.